The molecule has 7 heteroatoms. The molecular formula is C21H14BrN3O2S. The van der Waals surface area contributed by atoms with E-state index >= 15 is 0 Å². The van der Waals surface area contributed by atoms with Gasteiger partial charge in [0, 0.05) is 21.3 Å². The van der Waals surface area contributed by atoms with E-state index in [2.05, 4.69) is 31.5 Å². The molecule has 1 aromatic heterocycles. The molecule has 2 N–H and O–H groups in total. The normalized spacial score (nSPS) is 10.6. The molecule has 138 valence electrons. The average Bonchev–Trinajstić information content (AvgIpc) is 3.10. The summed E-state index contributed by atoms with van der Waals surface area (Å²) in [6, 6.07) is 21.6. The Morgan fingerprint density at radius 1 is 0.821 bits per heavy atom. The van der Waals surface area contributed by atoms with Gasteiger partial charge in [-0.15, -0.1) is 0 Å². The number of halogens is 1. The molecule has 0 bridgehead atoms. The van der Waals surface area contributed by atoms with Crippen LogP contribution in [-0.2, 0) is 0 Å². The van der Waals surface area contributed by atoms with Crippen LogP contribution in [0.15, 0.2) is 77.3 Å². The van der Waals surface area contributed by atoms with Crippen molar-refractivity contribution in [2.24, 2.45) is 0 Å². The summed E-state index contributed by atoms with van der Waals surface area (Å²) in [7, 11) is 0. The maximum Gasteiger partial charge on any atom is 0.257 e. The van der Waals surface area contributed by atoms with Gasteiger partial charge in [0.15, 0.2) is 5.13 Å². The number of amides is 2. The van der Waals surface area contributed by atoms with Crippen molar-refractivity contribution in [2.75, 3.05) is 10.6 Å². The van der Waals surface area contributed by atoms with Crippen LogP contribution < -0.4 is 10.6 Å². The lowest BCUT2D eigenvalue weighted by Crippen LogP contribution is -2.11. The van der Waals surface area contributed by atoms with Gasteiger partial charge in [-0.25, -0.2) is 4.98 Å². The number of nitrogens with one attached hydrogen (secondary N) is 2. The SMILES string of the molecule is O=C(Nc1ccc2nc(NC(=O)c3ccccc3)sc2c1)c1cccc(Br)c1. The first-order valence-corrected chi connectivity index (χ1v) is 10.0. The van der Waals surface area contributed by atoms with Crippen molar-refractivity contribution < 1.29 is 9.59 Å². The summed E-state index contributed by atoms with van der Waals surface area (Å²) >= 11 is 4.72. The third kappa shape index (κ3) is 4.11. The van der Waals surface area contributed by atoms with Crippen LogP contribution in [0.3, 0.4) is 0 Å². The standard InChI is InChI=1S/C21H14BrN3O2S/c22-15-8-4-7-14(11-15)20(27)23-16-9-10-17-18(12-16)28-21(24-17)25-19(26)13-5-2-1-3-6-13/h1-12H,(H,23,27)(H,24,25,26). The Bertz CT molecular complexity index is 1170. The topological polar surface area (TPSA) is 71.1 Å². The second-order valence-electron chi connectivity index (χ2n) is 5.99. The summed E-state index contributed by atoms with van der Waals surface area (Å²) in [6.07, 6.45) is 0. The molecule has 4 aromatic rings. The molecule has 0 aliphatic carbocycles. The second kappa shape index (κ2) is 7.92. The zero-order chi connectivity index (χ0) is 19.5. The minimum Gasteiger partial charge on any atom is -0.322 e. The van der Waals surface area contributed by atoms with E-state index < -0.39 is 0 Å². The first-order chi connectivity index (χ1) is 13.6. The van der Waals surface area contributed by atoms with Gasteiger partial charge in [-0.3, -0.25) is 14.9 Å². The number of carbonyl (C=O) groups is 2. The van der Waals surface area contributed by atoms with Gasteiger partial charge < -0.3 is 5.32 Å². The van der Waals surface area contributed by atoms with Crippen LogP contribution in [-0.4, -0.2) is 16.8 Å². The molecule has 0 unspecified atom stereocenters. The molecule has 1 heterocycles. The van der Waals surface area contributed by atoms with E-state index in [1.165, 1.54) is 11.3 Å². The van der Waals surface area contributed by atoms with Crippen molar-refractivity contribution in [3.8, 4) is 0 Å². The van der Waals surface area contributed by atoms with Crippen molar-refractivity contribution >= 4 is 60.1 Å². The van der Waals surface area contributed by atoms with Crippen molar-refractivity contribution in [2.45, 2.75) is 0 Å². The number of hydrogen-bond acceptors (Lipinski definition) is 4. The quantitative estimate of drug-likeness (QED) is 0.426. The molecule has 28 heavy (non-hydrogen) atoms. The molecule has 3 aromatic carbocycles. The highest BCUT2D eigenvalue weighted by atomic mass is 79.9. The summed E-state index contributed by atoms with van der Waals surface area (Å²) < 4.78 is 1.72. The Morgan fingerprint density at radius 2 is 1.57 bits per heavy atom. The van der Waals surface area contributed by atoms with E-state index in [0.717, 1.165) is 14.7 Å². The highest BCUT2D eigenvalue weighted by Gasteiger charge is 2.11. The number of fused-ring (bicyclic) bond motifs is 1. The molecule has 0 aliphatic heterocycles. The first kappa shape index (κ1) is 18.3. The van der Waals surface area contributed by atoms with E-state index in [0.29, 0.717) is 21.9 Å². The van der Waals surface area contributed by atoms with E-state index in [1.807, 2.05) is 42.5 Å². The van der Waals surface area contributed by atoms with Crippen LogP contribution in [0.25, 0.3) is 10.2 Å². The summed E-state index contributed by atoms with van der Waals surface area (Å²) in [4.78, 5) is 29.1. The highest BCUT2D eigenvalue weighted by molar-refractivity contribution is 9.10. The molecule has 5 nitrogen and oxygen atoms in total. The minimum absolute atomic E-state index is 0.192. The van der Waals surface area contributed by atoms with E-state index in [9.17, 15) is 9.59 Å². The number of aromatic nitrogens is 1. The first-order valence-electron chi connectivity index (χ1n) is 8.42. The average molecular weight is 452 g/mol. The maximum atomic E-state index is 12.4. The van der Waals surface area contributed by atoms with Crippen LogP contribution in [0.5, 0.6) is 0 Å². The van der Waals surface area contributed by atoms with Gasteiger partial charge in [0.25, 0.3) is 11.8 Å². The zero-order valence-corrected chi connectivity index (χ0v) is 16.9. The Hall–Kier alpha value is -3.03. The fourth-order valence-electron chi connectivity index (χ4n) is 2.65. The molecule has 0 saturated carbocycles. The minimum atomic E-state index is -0.206. The van der Waals surface area contributed by atoms with Crippen LogP contribution in [0.4, 0.5) is 10.8 Å². The highest BCUT2D eigenvalue weighted by Crippen LogP contribution is 2.29. The van der Waals surface area contributed by atoms with Gasteiger partial charge in [0.05, 0.1) is 10.2 Å². The molecule has 2 amide bonds. The van der Waals surface area contributed by atoms with Gasteiger partial charge in [0.1, 0.15) is 0 Å². The number of carbonyl (C=O) groups excluding carboxylic acids is 2. The second-order valence-corrected chi connectivity index (χ2v) is 7.93. The maximum absolute atomic E-state index is 12.4. The smallest absolute Gasteiger partial charge is 0.257 e. The van der Waals surface area contributed by atoms with Gasteiger partial charge in [0.2, 0.25) is 0 Å². The van der Waals surface area contributed by atoms with E-state index in [4.69, 9.17) is 0 Å². The third-order valence-corrected chi connectivity index (χ3v) is 5.42. The van der Waals surface area contributed by atoms with Crippen LogP contribution in [0.2, 0.25) is 0 Å². The molecule has 0 spiro atoms. The summed E-state index contributed by atoms with van der Waals surface area (Å²) in [5, 5.41) is 6.21. The van der Waals surface area contributed by atoms with Gasteiger partial charge in [-0.1, -0.05) is 51.5 Å². The van der Waals surface area contributed by atoms with Crippen LogP contribution >= 0.6 is 27.3 Å². The Kier molecular flexibility index (Phi) is 5.18. The summed E-state index contributed by atoms with van der Waals surface area (Å²) in [5.74, 6) is -0.398. The number of hydrogen-bond donors (Lipinski definition) is 2. The fraction of sp³-hybridized carbons (Fsp3) is 0. The number of rotatable bonds is 4. The largest absolute Gasteiger partial charge is 0.322 e. The Labute approximate surface area is 173 Å². The lowest BCUT2D eigenvalue weighted by Gasteiger charge is -2.05. The Morgan fingerprint density at radius 3 is 2.36 bits per heavy atom. The number of thiazole rings is 1. The molecule has 0 saturated heterocycles. The predicted molar refractivity (Wildman–Crippen MR) is 116 cm³/mol. The molecule has 0 aliphatic rings. The number of benzene rings is 3. The molecule has 4 rings (SSSR count). The van der Waals surface area contributed by atoms with Crippen molar-refractivity contribution in [3.63, 3.8) is 0 Å². The Balaban J connectivity index is 1.52. The lowest BCUT2D eigenvalue weighted by molar-refractivity contribution is 0.101. The predicted octanol–water partition coefficient (Wildman–Crippen LogP) is 5.56. The molecule has 0 radical (unpaired) electrons. The van der Waals surface area contributed by atoms with Crippen molar-refractivity contribution in [3.05, 3.63) is 88.4 Å². The summed E-state index contributed by atoms with van der Waals surface area (Å²) in [5.41, 5.74) is 2.56. The van der Waals surface area contributed by atoms with Crippen molar-refractivity contribution in [1.29, 1.82) is 0 Å². The van der Waals surface area contributed by atoms with Gasteiger partial charge >= 0.3 is 0 Å². The van der Waals surface area contributed by atoms with E-state index in [1.54, 1.807) is 30.3 Å². The number of nitrogens with zero attached hydrogens (tertiary/aromatic N) is 1. The molecule has 0 fully saturated rings. The fourth-order valence-corrected chi connectivity index (χ4v) is 3.95. The molecule has 0 atom stereocenters. The number of anilines is 2. The van der Waals surface area contributed by atoms with Gasteiger partial charge in [-0.05, 0) is 48.5 Å². The van der Waals surface area contributed by atoms with Gasteiger partial charge in [-0.2, -0.15) is 0 Å². The van der Waals surface area contributed by atoms with Crippen LogP contribution in [0.1, 0.15) is 20.7 Å². The third-order valence-electron chi connectivity index (χ3n) is 3.99. The van der Waals surface area contributed by atoms with Crippen LogP contribution in [0, 0.1) is 0 Å². The summed E-state index contributed by atoms with van der Waals surface area (Å²) in [6.45, 7) is 0. The monoisotopic (exact) mass is 451 g/mol. The van der Waals surface area contributed by atoms with E-state index in [-0.39, 0.29) is 11.8 Å². The molecular weight excluding hydrogens is 438 g/mol. The van der Waals surface area contributed by atoms with Crippen molar-refractivity contribution in [1.82, 2.24) is 4.98 Å². The zero-order valence-electron chi connectivity index (χ0n) is 14.5. The lowest BCUT2D eigenvalue weighted by atomic mass is 10.2.